The fourth-order valence-corrected chi connectivity index (χ4v) is 3.81. The first-order chi connectivity index (χ1) is 15.5. The molecule has 2 fully saturated rings. The number of aliphatic hydroxyl groups excluding tert-OH is 1. The molecule has 2 saturated carbocycles. The van der Waals surface area contributed by atoms with Gasteiger partial charge in [0.2, 0.25) is 11.8 Å². The fraction of sp³-hybridized carbons (Fsp3) is 0.333. The predicted molar refractivity (Wildman–Crippen MR) is 120 cm³/mol. The molecule has 2 heterocycles. The Morgan fingerprint density at radius 3 is 2.62 bits per heavy atom. The summed E-state index contributed by atoms with van der Waals surface area (Å²) in [6, 6.07) is 5.16. The number of carbonyl (C=O) groups is 1. The number of rotatable bonds is 7. The molecule has 2 aliphatic rings. The number of nitrogens with one attached hydrogen (secondary N) is 2. The molecule has 9 nitrogen and oxygen atoms in total. The molecule has 0 unspecified atom stereocenters. The number of halogens is 2. The molecule has 166 valence electrons. The first-order valence-corrected chi connectivity index (χ1v) is 11.0. The second-order valence-electron chi connectivity index (χ2n) is 7.89. The van der Waals surface area contributed by atoms with Crippen molar-refractivity contribution in [3.63, 3.8) is 0 Å². The normalized spacial score (nSPS) is 19.8. The van der Waals surface area contributed by atoms with E-state index in [9.17, 15) is 9.90 Å². The number of aromatic nitrogens is 4. The van der Waals surface area contributed by atoms with Crippen LogP contribution in [-0.2, 0) is 0 Å². The lowest BCUT2D eigenvalue weighted by Crippen LogP contribution is -2.30. The van der Waals surface area contributed by atoms with Crippen molar-refractivity contribution in [1.29, 1.82) is 0 Å². The Kier molecular flexibility index (Phi) is 5.62. The van der Waals surface area contributed by atoms with Crippen molar-refractivity contribution in [2.45, 2.75) is 43.9 Å². The minimum absolute atomic E-state index is 0.0287. The largest absolute Gasteiger partial charge is 0.474 e. The molecule has 0 aliphatic heterocycles. The van der Waals surface area contributed by atoms with Gasteiger partial charge in [-0.2, -0.15) is 10.1 Å². The second-order valence-corrected chi connectivity index (χ2v) is 8.71. The van der Waals surface area contributed by atoms with Crippen molar-refractivity contribution < 1.29 is 14.6 Å². The Morgan fingerprint density at radius 2 is 1.94 bits per heavy atom. The number of nitrogens with zero attached hydrogens (tertiary/aromatic N) is 4. The van der Waals surface area contributed by atoms with E-state index in [-0.39, 0.29) is 35.6 Å². The molecule has 0 spiro atoms. The lowest BCUT2D eigenvalue weighted by Gasteiger charge is -2.31. The molecule has 0 radical (unpaired) electrons. The van der Waals surface area contributed by atoms with Crippen molar-refractivity contribution in [1.82, 2.24) is 19.7 Å². The summed E-state index contributed by atoms with van der Waals surface area (Å²) < 4.78 is 7.68. The molecule has 2 aromatic heterocycles. The van der Waals surface area contributed by atoms with Gasteiger partial charge >= 0.3 is 0 Å². The molecule has 3 N–H and O–H groups in total. The summed E-state index contributed by atoms with van der Waals surface area (Å²) in [7, 11) is 0. The van der Waals surface area contributed by atoms with E-state index in [1.807, 2.05) is 10.9 Å². The average molecular weight is 475 g/mol. The molecule has 11 heteroatoms. The minimum atomic E-state index is -0.474. The Hall–Kier alpha value is -2.88. The molecule has 0 saturated heterocycles. The van der Waals surface area contributed by atoms with E-state index in [1.54, 1.807) is 24.4 Å². The van der Waals surface area contributed by atoms with Crippen molar-refractivity contribution >= 4 is 46.4 Å². The van der Waals surface area contributed by atoms with Crippen LogP contribution in [0, 0.1) is 0 Å². The molecule has 2 aliphatic carbocycles. The van der Waals surface area contributed by atoms with Gasteiger partial charge < -0.3 is 20.5 Å². The molecular formula is C21H20Cl2N6O3. The first kappa shape index (κ1) is 21.0. The van der Waals surface area contributed by atoms with Gasteiger partial charge in [0, 0.05) is 12.4 Å². The van der Waals surface area contributed by atoms with Gasteiger partial charge in [-0.15, -0.1) is 0 Å². The summed E-state index contributed by atoms with van der Waals surface area (Å²) in [5, 5.41) is 20.3. The topological polar surface area (TPSA) is 114 Å². The van der Waals surface area contributed by atoms with E-state index < -0.39 is 5.91 Å². The number of para-hydroxylation sites is 1. The van der Waals surface area contributed by atoms with Crippen molar-refractivity contribution in [2.75, 3.05) is 10.6 Å². The summed E-state index contributed by atoms with van der Waals surface area (Å²) in [5.74, 6) is -0.0140. The fourth-order valence-electron chi connectivity index (χ4n) is 3.32. The van der Waals surface area contributed by atoms with Crippen LogP contribution in [-0.4, -0.2) is 43.0 Å². The van der Waals surface area contributed by atoms with Crippen LogP contribution >= 0.6 is 23.2 Å². The van der Waals surface area contributed by atoms with Crippen LogP contribution in [0.15, 0.2) is 36.8 Å². The quantitative estimate of drug-likeness (QED) is 0.469. The zero-order chi connectivity index (χ0) is 22.2. The molecule has 1 amide bonds. The third-order valence-electron chi connectivity index (χ3n) is 5.32. The number of amides is 1. The monoisotopic (exact) mass is 474 g/mol. The number of benzene rings is 1. The minimum Gasteiger partial charge on any atom is -0.474 e. The van der Waals surface area contributed by atoms with Crippen molar-refractivity contribution in [3.05, 3.63) is 52.4 Å². The molecule has 32 heavy (non-hydrogen) atoms. The third-order valence-corrected chi connectivity index (χ3v) is 5.95. The molecule has 5 rings (SSSR count). The number of carbonyl (C=O) groups excluding carboxylic acids is 1. The number of ether oxygens (including phenoxy) is 1. The van der Waals surface area contributed by atoms with E-state index in [2.05, 4.69) is 25.7 Å². The molecular weight excluding hydrogens is 455 g/mol. The lowest BCUT2D eigenvalue weighted by atomic mass is 9.90. The summed E-state index contributed by atoms with van der Waals surface area (Å²) in [5.41, 5.74) is 1.19. The summed E-state index contributed by atoms with van der Waals surface area (Å²) in [6.07, 6.45) is 7.86. The van der Waals surface area contributed by atoms with Gasteiger partial charge in [-0.1, -0.05) is 29.3 Å². The zero-order valence-corrected chi connectivity index (χ0v) is 18.3. The number of hydrogen-bond acceptors (Lipinski definition) is 7. The van der Waals surface area contributed by atoms with E-state index in [4.69, 9.17) is 27.9 Å². The summed E-state index contributed by atoms with van der Waals surface area (Å²) in [6.45, 7) is 0. The van der Waals surface area contributed by atoms with Crippen LogP contribution in [0.3, 0.4) is 0 Å². The standard InChI is InChI=1S/C21H20Cl2N6O3/c22-16-2-1-3-17(23)18(16)27-19(31)15-9-24-21(28-20(15)32-14-4-5-14)26-11-8-25-29(10-11)12-6-13(30)7-12/h1-3,8-10,12-14,30H,4-7H2,(H,27,31)(H,24,26,28). The van der Waals surface area contributed by atoms with Crippen LogP contribution in [0.25, 0.3) is 0 Å². The maximum atomic E-state index is 12.9. The molecule has 0 atom stereocenters. The summed E-state index contributed by atoms with van der Waals surface area (Å²) in [4.78, 5) is 21.6. The highest BCUT2D eigenvalue weighted by Crippen LogP contribution is 2.34. The van der Waals surface area contributed by atoms with Gasteiger partial charge in [0.25, 0.3) is 5.91 Å². The van der Waals surface area contributed by atoms with E-state index >= 15 is 0 Å². The highest BCUT2D eigenvalue weighted by atomic mass is 35.5. The highest BCUT2D eigenvalue weighted by molar-refractivity contribution is 6.40. The van der Waals surface area contributed by atoms with Crippen molar-refractivity contribution in [3.8, 4) is 5.88 Å². The van der Waals surface area contributed by atoms with Crippen LogP contribution in [0.5, 0.6) is 5.88 Å². The van der Waals surface area contributed by atoms with E-state index in [1.165, 1.54) is 6.20 Å². The van der Waals surface area contributed by atoms with Gasteiger partial charge in [-0.05, 0) is 37.8 Å². The van der Waals surface area contributed by atoms with Gasteiger partial charge in [-0.3, -0.25) is 9.48 Å². The van der Waals surface area contributed by atoms with Crippen LogP contribution in [0.1, 0.15) is 42.1 Å². The predicted octanol–water partition coefficient (Wildman–Crippen LogP) is 4.21. The van der Waals surface area contributed by atoms with Gasteiger partial charge in [-0.25, -0.2) is 4.98 Å². The summed E-state index contributed by atoms with van der Waals surface area (Å²) >= 11 is 12.3. The molecule has 1 aromatic carbocycles. The first-order valence-electron chi connectivity index (χ1n) is 10.2. The smallest absolute Gasteiger partial charge is 0.262 e. The molecule has 3 aromatic rings. The van der Waals surface area contributed by atoms with Crippen molar-refractivity contribution in [2.24, 2.45) is 0 Å². The average Bonchev–Trinajstić information content (AvgIpc) is 3.44. The van der Waals surface area contributed by atoms with E-state index in [0.717, 1.165) is 12.8 Å². The lowest BCUT2D eigenvalue weighted by molar-refractivity contribution is 0.0434. The van der Waals surface area contributed by atoms with Crippen LogP contribution in [0.2, 0.25) is 10.0 Å². The van der Waals surface area contributed by atoms with Gasteiger partial charge in [0.15, 0.2) is 0 Å². The Balaban J connectivity index is 1.35. The second kappa shape index (κ2) is 8.57. The van der Waals surface area contributed by atoms with Gasteiger partial charge in [0.05, 0.1) is 39.8 Å². The Morgan fingerprint density at radius 1 is 1.19 bits per heavy atom. The molecule has 0 bridgehead atoms. The SMILES string of the molecule is O=C(Nc1c(Cl)cccc1Cl)c1cnc(Nc2cnn(C3CC(O)C3)c2)nc1OC1CC1. The maximum Gasteiger partial charge on any atom is 0.262 e. The maximum absolute atomic E-state index is 12.9. The number of anilines is 3. The number of hydrogen-bond donors (Lipinski definition) is 3. The highest BCUT2D eigenvalue weighted by Gasteiger charge is 2.30. The third kappa shape index (κ3) is 4.50. The zero-order valence-electron chi connectivity index (χ0n) is 16.8. The number of aliphatic hydroxyl groups is 1. The van der Waals surface area contributed by atoms with Gasteiger partial charge in [0.1, 0.15) is 11.7 Å². The Bertz CT molecular complexity index is 1140. The van der Waals surface area contributed by atoms with Crippen LogP contribution < -0.4 is 15.4 Å². The van der Waals surface area contributed by atoms with E-state index in [0.29, 0.717) is 34.3 Å². The Labute approximate surface area is 193 Å². The van der Waals surface area contributed by atoms with Crippen LogP contribution in [0.4, 0.5) is 17.3 Å².